The summed E-state index contributed by atoms with van der Waals surface area (Å²) < 4.78 is 40.1. The quantitative estimate of drug-likeness (QED) is 0.560. The number of nitrogens with zero attached hydrogens (tertiary/aromatic N) is 1. The Bertz CT molecular complexity index is 675. The molecule has 20 heavy (non-hydrogen) atoms. The lowest BCUT2D eigenvalue weighted by Gasteiger charge is -2.23. The molecule has 6 heteroatoms. The minimum absolute atomic E-state index is 0.00451. The van der Waals surface area contributed by atoms with Gasteiger partial charge in [-0.15, -0.1) is 0 Å². The van der Waals surface area contributed by atoms with E-state index >= 15 is 0 Å². The molecule has 0 fully saturated rings. The van der Waals surface area contributed by atoms with E-state index in [1.807, 2.05) is 20.8 Å². The van der Waals surface area contributed by atoms with E-state index in [2.05, 4.69) is 20.9 Å². The second kappa shape index (κ2) is 4.88. The highest BCUT2D eigenvalue weighted by Crippen LogP contribution is 2.43. The van der Waals surface area contributed by atoms with E-state index in [0.29, 0.717) is 5.69 Å². The molecule has 0 N–H and O–H groups in total. The number of fused-ring (bicyclic) bond motifs is 1. The first-order chi connectivity index (χ1) is 9.01. The SMILES string of the molecule is CC(C)(C)c1nc2ccc(Cl)cc2c(C(F)(F)F)c1Br. The average Bonchev–Trinajstić information content (AvgIpc) is 2.24. The largest absolute Gasteiger partial charge is 0.418 e. The van der Waals surface area contributed by atoms with Gasteiger partial charge in [-0.25, -0.2) is 0 Å². The second-order valence-corrected chi connectivity index (χ2v) is 6.79. The number of hydrogen-bond donors (Lipinski definition) is 0. The van der Waals surface area contributed by atoms with Crippen LogP contribution in [0.3, 0.4) is 0 Å². The molecule has 2 aromatic rings. The number of rotatable bonds is 0. The van der Waals surface area contributed by atoms with Crippen molar-refractivity contribution in [2.24, 2.45) is 0 Å². The Labute approximate surface area is 128 Å². The molecule has 0 aliphatic heterocycles. The van der Waals surface area contributed by atoms with Gasteiger partial charge in [-0.3, -0.25) is 4.98 Å². The molecule has 1 aromatic heterocycles. The van der Waals surface area contributed by atoms with Gasteiger partial charge in [-0.05, 0) is 34.1 Å². The molecule has 0 aliphatic carbocycles. The maximum absolute atomic E-state index is 13.4. The van der Waals surface area contributed by atoms with E-state index in [1.165, 1.54) is 18.2 Å². The van der Waals surface area contributed by atoms with E-state index < -0.39 is 17.2 Å². The Morgan fingerprint density at radius 3 is 2.25 bits per heavy atom. The number of benzene rings is 1. The number of alkyl halides is 3. The van der Waals surface area contributed by atoms with Crippen LogP contribution in [0.5, 0.6) is 0 Å². The van der Waals surface area contributed by atoms with Crippen molar-refractivity contribution in [1.82, 2.24) is 4.98 Å². The summed E-state index contributed by atoms with van der Waals surface area (Å²) in [6.07, 6.45) is -4.48. The van der Waals surface area contributed by atoms with Crippen molar-refractivity contribution in [3.8, 4) is 0 Å². The van der Waals surface area contributed by atoms with E-state index in [-0.39, 0.29) is 20.4 Å². The minimum atomic E-state index is -4.48. The smallest absolute Gasteiger partial charge is 0.251 e. The molecule has 1 heterocycles. The first kappa shape index (κ1) is 15.6. The number of pyridine rings is 1. The maximum atomic E-state index is 13.4. The summed E-state index contributed by atoms with van der Waals surface area (Å²) in [6.45, 7) is 5.46. The first-order valence-corrected chi connectivity index (χ1v) is 7.05. The molecule has 0 atom stereocenters. The van der Waals surface area contributed by atoms with Crippen molar-refractivity contribution < 1.29 is 13.2 Å². The fourth-order valence-corrected chi connectivity index (χ4v) is 3.28. The Kier molecular flexibility index (Phi) is 3.80. The highest BCUT2D eigenvalue weighted by atomic mass is 79.9. The lowest BCUT2D eigenvalue weighted by molar-refractivity contribution is -0.137. The first-order valence-electron chi connectivity index (χ1n) is 5.88. The van der Waals surface area contributed by atoms with Crippen molar-refractivity contribution in [3.63, 3.8) is 0 Å². The Hall–Kier alpha value is -0.810. The van der Waals surface area contributed by atoms with Crippen LogP contribution >= 0.6 is 27.5 Å². The van der Waals surface area contributed by atoms with Crippen LogP contribution in [0.1, 0.15) is 32.0 Å². The highest BCUT2D eigenvalue weighted by Gasteiger charge is 2.38. The summed E-state index contributed by atoms with van der Waals surface area (Å²) >= 11 is 8.89. The number of hydrogen-bond acceptors (Lipinski definition) is 1. The highest BCUT2D eigenvalue weighted by molar-refractivity contribution is 9.10. The van der Waals surface area contributed by atoms with Crippen LogP contribution in [0.4, 0.5) is 13.2 Å². The molecular weight excluding hydrogens is 355 g/mol. The molecule has 0 saturated heterocycles. The Morgan fingerprint density at radius 1 is 1.15 bits per heavy atom. The van der Waals surface area contributed by atoms with Crippen molar-refractivity contribution in [2.45, 2.75) is 32.4 Å². The molecule has 1 nitrogen and oxygen atoms in total. The molecule has 0 saturated carbocycles. The monoisotopic (exact) mass is 365 g/mol. The molecule has 0 aliphatic rings. The van der Waals surface area contributed by atoms with Gasteiger partial charge in [0.15, 0.2) is 0 Å². The van der Waals surface area contributed by atoms with Crippen LogP contribution in [-0.4, -0.2) is 4.98 Å². The topological polar surface area (TPSA) is 12.9 Å². The zero-order chi connectivity index (χ0) is 15.3. The van der Waals surface area contributed by atoms with Gasteiger partial charge in [-0.1, -0.05) is 32.4 Å². The molecule has 0 radical (unpaired) electrons. The van der Waals surface area contributed by atoms with Gasteiger partial charge in [0.05, 0.1) is 21.2 Å². The minimum Gasteiger partial charge on any atom is -0.251 e. The van der Waals surface area contributed by atoms with Crippen LogP contribution in [0, 0.1) is 0 Å². The molecule has 0 bridgehead atoms. The summed E-state index contributed by atoms with van der Waals surface area (Å²) in [6, 6.07) is 4.34. The predicted octanol–water partition coefficient (Wildman–Crippen LogP) is 5.97. The van der Waals surface area contributed by atoms with Crippen LogP contribution < -0.4 is 0 Å². The normalized spacial score (nSPS) is 13.0. The fraction of sp³-hybridized carbons (Fsp3) is 0.357. The third-order valence-corrected chi connectivity index (χ3v) is 3.89. The van der Waals surface area contributed by atoms with Gasteiger partial charge in [0.1, 0.15) is 0 Å². The van der Waals surface area contributed by atoms with Gasteiger partial charge in [0, 0.05) is 15.8 Å². The van der Waals surface area contributed by atoms with Gasteiger partial charge in [0.2, 0.25) is 0 Å². The average molecular weight is 367 g/mol. The molecule has 2 rings (SSSR count). The van der Waals surface area contributed by atoms with Crippen molar-refractivity contribution in [3.05, 3.63) is 39.0 Å². The van der Waals surface area contributed by atoms with Crippen LogP contribution in [0.25, 0.3) is 10.9 Å². The molecule has 1 aromatic carbocycles. The Balaban J connectivity index is 2.97. The van der Waals surface area contributed by atoms with Gasteiger partial charge < -0.3 is 0 Å². The van der Waals surface area contributed by atoms with E-state index in [0.717, 1.165) is 0 Å². The van der Waals surface area contributed by atoms with Gasteiger partial charge in [0.25, 0.3) is 0 Å². The summed E-state index contributed by atoms with van der Waals surface area (Å²) in [4.78, 5) is 4.36. The van der Waals surface area contributed by atoms with E-state index in [1.54, 1.807) is 0 Å². The van der Waals surface area contributed by atoms with Crippen molar-refractivity contribution >= 4 is 38.4 Å². The van der Waals surface area contributed by atoms with Gasteiger partial charge >= 0.3 is 6.18 Å². The van der Waals surface area contributed by atoms with Gasteiger partial charge in [-0.2, -0.15) is 13.2 Å². The van der Waals surface area contributed by atoms with E-state index in [9.17, 15) is 13.2 Å². The molecule has 108 valence electrons. The molecule has 0 amide bonds. The molecule has 0 unspecified atom stereocenters. The lowest BCUT2D eigenvalue weighted by atomic mass is 9.89. The summed E-state index contributed by atoms with van der Waals surface area (Å²) in [5, 5.41) is 0.255. The number of aromatic nitrogens is 1. The number of halogens is 5. The zero-order valence-electron chi connectivity index (χ0n) is 11.1. The fourth-order valence-electron chi connectivity index (χ4n) is 1.99. The third-order valence-electron chi connectivity index (χ3n) is 2.88. The van der Waals surface area contributed by atoms with Crippen LogP contribution in [-0.2, 0) is 11.6 Å². The van der Waals surface area contributed by atoms with Crippen LogP contribution in [0.15, 0.2) is 22.7 Å². The van der Waals surface area contributed by atoms with Crippen LogP contribution in [0.2, 0.25) is 5.02 Å². The zero-order valence-corrected chi connectivity index (χ0v) is 13.4. The maximum Gasteiger partial charge on any atom is 0.418 e. The Morgan fingerprint density at radius 2 is 1.75 bits per heavy atom. The summed E-state index contributed by atoms with van der Waals surface area (Å²) in [5.74, 6) is 0. The molecular formula is C14H12BrClF3N. The molecule has 0 spiro atoms. The predicted molar refractivity (Wildman–Crippen MR) is 78.2 cm³/mol. The standard InChI is InChI=1S/C14H12BrClF3N/c1-13(2,3)12-11(15)10(14(17,18)19)8-6-7(16)4-5-9(8)20-12/h4-6H,1-3H3. The van der Waals surface area contributed by atoms with Crippen molar-refractivity contribution in [2.75, 3.05) is 0 Å². The van der Waals surface area contributed by atoms with E-state index in [4.69, 9.17) is 11.6 Å². The summed E-state index contributed by atoms with van der Waals surface area (Å²) in [7, 11) is 0. The van der Waals surface area contributed by atoms with Crippen molar-refractivity contribution in [1.29, 1.82) is 0 Å². The summed E-state index contributed by atoms with van der Waals surface area (Å²) in [5.41, 5.74) is -0.573. The third kappa shape index (κ3) is 2.79. The second-order valence-electron chi connectivity index (χ2n) is 5.56. The lowest BCUT2D eigenvalue weighted by Crippen LogP contribution is -2.18.